The lowest BCUT2D eigenvalue weighted by Gasteiger charge is -2.30. The van der Waals surface area contributed by atoms with Gasteiger partial charge in [-0.15, -0.1) is 0 Å². The third-order valence-corrected chi connectivity index (χ3v) is 4.87. The largest absolute Gasteiger partial charge is 0.466 e. The number of aryl methyl sites for hydroxylation is 2. The molecule has 1 aliphatic rings. The van der Waals surface area contributed by atoms with E-state index in [0.717, 1.165) is 18.6 Å². The Balaban J connectivity index is 1.51. The Kier molecular flexibility index (Phi) is 4.51. The monoisotopic (exact) mass is 369 g/mol. The van der Waals surface area contributed by atoms with Crippen molar-refractivity contribution in [2.24, 2.45) is 0 Å². The van der Waals surface area contributed by atoms with Gasteiger partial charge in [0.2, 0.25) is 11.7 Å². The van der Waals surface area contributed by atoms with E-state index in [1.54, 1.807) is 25.1 Å². The van der Waals surface area contributed by atoms with Crippen LogP contribution in [0, 0.1) is 19.7 Å². The quantitative estimate of drug-likeness (QED) is 0.695. The molecule has 7 heteroatoms. The van der Waals surface area contributed by atoms with Gasteiger partial charge in [-0.05, 0) is 57.0 Å². The average molecular weight is 369 g/mol. The van der Waals surface area contributed by atoms with Crippen LogP contribution in [0.4, 0.5) is 4.39 Å². The van der Waals surface area contributed by atoms with E-state index in [1.807, 2.05) is 11.8 Å². The summed E-state index contributed by atoms with van der Waals surface area (Å²) in [5, 5.41) is 4.01. The highest BCUT2D eigenvalue weighted by atomic mass is 19.1. The van der Waals surface area contributed by atoms with E-state index in [-0.39, 0.29) is 17.6 Å². The van der Waals surface area contributed by atoms with Crippen molar-refractivity contribution in [2.45, 2.75) is 32.6 Å². The zero-order valence-corrected chi connectivity index (χ0v) is 15.2. The molecule has 3 aromatic rings. The van der Waals surface area contributed by atoms with Crippen molar-refractivity contribution in [1.29, 1.82) is 0 Å². The van der Waals surface area contributed by atoms with Crippen molar-refractivity contribution < 1.29 is 18.1 Å². The van der Waals surface area contributed by atoms with E-state index in [4.69, 9.17) is 8.94 Å². The molecule has 6 nitrogen and oxygen atoms in total. The Bertz CT molecular complexity index is 961. The van der Waals surface area contributed by atoms with E-state index in [0.29, 0.717) is 41.7 Å². The molecule has 0 spiro atoms. The molecule has 1 aromatic carbocycles. The topological polar surface area (TPSA) is 72.4 Å². The number of rotatable bonds is 3. The van der Waals surface area contributed by atoms with Gasteiger partial charge in [-0.3, -0.25) is 4.79 Å². The number of benzene rings is 1. The predicted molar refractivity (Wildman–Crippen MR) is 95.8 cm³/mol. The Morgan fingerprint density at radius 3 is 2.74 bits per heavy atom. The summed E-state index contributed by atoms with van der Waals surface area (Å²) >= 11 is 0. The first kappa shape index (κ1) is 17.5. The molecule has 0 aliphatic carbocycles. The third kappa shape index (κ3) is 3.49. The molecule has 1 unspecified atom stereocenters. The summed E-state index contributed by atoms with van der Waals surface area (Å²) in [5.41, 5.74) is 1.30. The van der Waals surface area contributed by atoms with Gasteiger partial charge < -0.3 is 13.8 Å². The second kappa shape index (κ2) is 6.98. The van der Waals surface area contributed by atoms with Crippen molar-refractivity contribution in [1.82, 2.24) is 15.0 Å². The van der Waals surface area contributed by atoms with Crippen LogP contribution >= 0.6 is 0 Å². The number of aromatic nitrogens is 2. The van der Waals surface area contributed by atoms with Crippen LogP contribution in [-0.2, 0) is 0 Å². The van der Waals surface area contributed by atoms with Crippen LogP contribution in [0.2, 0.25) is 0 Å². The lowest BCUT2D eigenvalue weighted by atomic mass is 9.97. The number of carbonyl (C=O) groups excluding carboxylic acids is 1. The summed E-state index contributed by atoms with van der Waals surface area (Å²) in [6.45, 7) is 4.85. The van der Waals surface area contributed by atoms with Crippen molar-refractivity contribution >= 4 is 5.91 Å². The number of hydrogen-bond donors (Lipinski definition) is 0. The van der Waals surface area contributed by atoms with Crippen LogP contribution in [0.3, 0.4) is 0 Å². The number of amides is 1. The van der Waals surface area contributed by atoms with Crippen LogP contribution in [0.5, 0.6) is 0 Å². The van der Waals surface area contributed by atoms with Crippen molar-refractivity contribution in [3.05, 3.63) is 59.1 Å². The minimum absolute atomic E-state index is 0.0160. The fraction of sp³-hybridized carbons (Fsp3) is 0.350. The van der Waals surface area contributed by atoms with Crippen LogP contribution < -0.4 is 0 Å². The summed E-state index contributed by atoms with van der Waals surface area (Å²) in [4.78, 5) is 19.1. The third-order valence-electron chi connectivity index (χ3n) is 4.87. The molecule has 140 valence electrons. The number of furan rings is 1. The van der Waals surface area contributed by atoms with Gasteiger partial charge >= 0.3 is 0 Å². The summed E-state index contributed by atoms with van der Waals surface area (Å²) in [5.74, 6) is 1.93. The van der Waals surface area contributed by atoms with E-state index < -0.39 is 0 Å². The first-order valence-electron chi connectivity index (χ1n) is 8.97. The molecule has 3 heterocycles. The summed E-state index contributed by atoms with van der Waals surface area (Å²) in [6, 6.07) is 7.74. The SMILES string of the molecule is Cc1cc(C(=O)N2CCCC(c3nc(-c4ccc(F)cc4)no3)C2)c(C)o1. The molecule has 27 heavy (non-hydrogen) atoms. The molecule has 1 aliphatic heterocycles. The minimum Gasteiger partial charge on any atom is -0.466 e. The van der Waals surface area contributed by atoms with Gasteiger partial charge in [0.15, 0.2) is 0 Å². The predicted octanol–water partition coefficient (Wildman–Crippen LogP) is 4.11. The first-order chi connectivity index (χ1) is 13.0. The Labute approximate surface area is 156 Å². The highest BCUT2D eigenvalue weighted by Gasteiger charge is 2.30. The Morgan fingerprint density at radius 2 is 2.04 bits per heavy atom. The molecular weight excluding hydrogens is 349 g/mol. The molecule has 0 bridgehead atoms. The van der Waals surface area contributed by atoms with Crippen LogP contribution in [0.1, 0.15) is 46.5 Å². The van der Waals surface area contributed by atoms with Gasteiger partial charge in [-0.2, -0.15) is 4.98 Å². The molecule has 1 amide bonds. The molecule has 1 saturated heterocycles. The number of nitrogens with zero attached hydrogens (tertiary/aromatic N) is 3. The Hall–Kier alpha value is -2.96. The fourth-order valence-electron chi connectivity index (χ4n) is 3.49. The van der Waals surface area contributed by atoms with Gasteiger partial charge in [-0.25, -0.2) is 4.39 Å². The molecule has 2 aromatic heterocycles. The maximum atomic E-state index is 13.1. The van der Waals surface area contributed by atoms with Crippen LogP contribution in [-0.4, -0.2) is 34.0 Å². The standard InChI is InChI=1S/C20H20FN3O3/c1-12-10-17(13(2)26-12)20(25)24-9-3-4-15(11-24)19-22-18(23-27-19)14-5-7-16(21)8-6-14/h5-8,10,15H,3-4,9,11H2,1-2H3. The smallest absolute Gasteiger partial charge is 0.257 e. The molecule has 0 radical (unpaired) electrons. The Morgan fingerprint density at radius 1 is 1.26 bits per heavy atom. The lowest BCUT2D eigenvalue weighted by Crippen LogP contribution is -2.39. The zero-order chi connectivity index (χ0) is 19.0. The first-order valence-corrected chi connectivity index (χ1v) is 8.97. The molecule has 1 fully saturated rings. The van der Waals surface area contributed by atoms with Gasteiger partial charge in [0, 0.05) is 18.7 Å². The van der Waals surface area contributed by atoms with Crippen LogP contribution in [0.25, 0.3) is 11.4 Å². The number of halogens is 1. The van der Waals surface area contributed by atoms with Gasteiger partial charge in [0.25, 0.3) is 5.91 Å². The molecule has 1 atom stereocenters. The van der Waals surface area contributed by atoms with E-state index in [1.165, 1.54) is 12.1 Å². The second-order valence-electron chi connectivity index (χ2n) is 6.88. The van der Waals surface area contributed by atoms with E-state index in [9.17, 15) is 9.18 Å². The number of piperidine rings is 1. The normalized spacial score (nSPS) is 17.3. The van der Waals surface area contributed by atoms with E-state index >= 15 is 0 Å². The fourth-order valence-corrected chi connectivity index (χ4v) is 3.49. The summed E-state index contributed by atoms with van der Waals surface area (Å²) in [6.07, 6.45) is 1.73. The summed E-state index contributed by atoms with van der Waals surface area (Å²) < 4.78 is 24.0. The maximum Gasteiger partial charge on any atom is 0.257 e. The number of carbonyl (C=O) groups is 1. The molecule has 0 saturated carbocycles. The number of likely N-dealkylation sites (tertiary alicyclic amines) is 1. The molecule has 0 N–H and O–H groups in total. The molecular formula is C20H20FN3O3. The minimum atomic E-state index is -0.311. The zero-order valence-electron chi connectivity index (χ0n) is 15.2. The van der Waals surface area contributed by atoms with Crippen molar-refractivity contribution in [3.8, 4) is 11.4 Å². The van der Waals surface area contributed by atoms with Crippen molar-refractivity contribution in [2.75, 3.05) is 13.1 Å². The van der Waals surface area contributed by atoms with Gasteiger partial charge in [-0.1, -0.05) is 5.16 Å². The highest BCUT2D eigenvalue weighted by Crippen LogP contribution is 2.29. The van der Waals surface area contributed by atoms with E-state index in [2.05, 4.69) is 10.1 Å². The maximum absolute atomic E-state index is 13.1. The lowest BCUT2D eigenvalue weighted by molar-refractivity contribution is 0.0694. The molecule has 4 rings (SSSR count). The summed E-state index contributed by atoms with van der Waals surface area (Å²) in [7, 11) is 0. The number of hydrogen-bond acceptors (Lipinski definition) is 5. The highest BCUT2D eigenvalue weighted by molar-refractivity contribution is 5.95. The second-order valence-corrected chi connectivity index (χ2v) is 6.88. The van der Waals surface area contributed by atoms with Crippen molar-refractivity contribution in [3.63, 3.8) is 0 Å². The van der Waals surface area contributed by atoms with Gasteiger partial charge in [0.1, 0.15) is 17.3 Å². The van der Waals surface area contributed by atoms with Gasteiger partial charge in [0.05, 0.1) is 11.5 Å². The average Bonchev–Trinajstić information content (AvgIpc) is 3.28. The van der Waals surface area contributed by atoms with Crippen LogP contribution in [0.15, 0.2) is 39.3 Å².